The van der Waals surface area contributed by atoms with Crippen LogP contribution in [0, 0.1) is 6.92 Å². The average molecular weight is 310 g/mol. The lowest BCUT2D eigenvalue weighted by Gasteiger charge is -2.10. The van der Waals surface area contributed by atoms with E-state index in [9.17, 15) is 0 Å². The van der Waals surface area contributed by atoms with Crippen molar-refractivity contribution in [2.75, 3.05) is 11.6 Å². The van der Waals surface area contributed by atoms with Crippen molar-refractivity contribution in [3.05, 3.63) is 40.8 Å². The van der Waals surface area contributed by atoms with Gasteiger partial charge >= 0.3 is 0 Å². The van der Waals surface area contributed by atoms with Crippen molar-refractivity contribution in [2.24, 2.45) is 0 Å². The highest BCUT2D eigenvalue weighted by Gasteiger charge is 2.03. The first kappa shape index (κ1) is 12.4. The molecular formula is C12H12BrN3S. The second-order valence-corrected chi connectivity index (χ2v) is 5.11. The Hall–Kier alpha value is -1.07. The number of nitrogens with one attached hydrogen (secondary N) is 1. The molecule has 5 heteroatoms. The molecule has 17 heavy (non-hydrogen) atoms. The Morgan fingerprint density at radius 1 is 1.24 bits per heavy atom. The van der Waals surface area contributed by atoms with E-state index in [1.807, 2.05) is 31.2 Å². The molecule has 0 bridgehead atoms. The summed E-state index contributed by atoms with van der Waals surface area (Å²) in [5.41, 5.74) is 1.06. The molecule has 0 aliphatic rings. The minimum absolute atomic E-state index is 0.739. The molecule has 0 atom stereocenters. The van der Waals surface area contributed by atoms with Crippen LogP contribution in [0.4, 0.5) is 11.5 Å². The Morgan fingerprint density at radius 3 is 2.71 bits per heavy atom. The fourth-order valence-electron chi connectivity index (χ4n) is 1.48. The van der Waals surface area contributed by atoms with E-state index in [1.165, 1.54) is 4.90 Å². The molecule has 0 aliphatic heterocycles. The van der Waals surface area contributed by atoms with Gasteiger partial charge in [0.1, 0.15) is 16.2 Å². The minimum Gasteiger partial charge on any atom is -0.339 e. The molecule has 0 amide bonds. The number of aryl methyl sites for hydroxylation is 1. The fourth-order valence-corrected chi connectivity index (χ4v) is 2.51. The zero-order valence-electron chi connectivity index (χ0n) is 9.57. The van der Waals surface area contributed by atoms with Gasteiger partial charge in [-0.3, -0.25) is 0 Å². The van der Waals surface area contributed by atoms with E-state index in [2.05, 4.69) is 43.5 Å². The van der Waals surface area contributed by atoms with Crippen molar-refractivity contribution >= 4 is 39.2 Å². The molecule has 2 rings (SSSR count). The number of nitrogens with zero attached hydrogens (tertiary/aromatic N) is 2. The summed E-state index contributed by atoms with van der Waals surface area (Å²) in [6.07, 6.45) is 2.06. The molecule has 0 radical (unpaired) electrons. The first-order chi connectivity index (χ1) is 8.19. The van der Waals surface area contributed by atoms with Crippen LogP contribution in [0.15, 0.2) is 39.8 Å². The second-order valence-electron chi connectivity index (χ2n) is 3.45. The number of halogens is 1. The molecule has 1 aromatic carbocycles. The smallest absolute Gasteiger partial charge is 0.135 e. The van der Waals surface area contributed by atoms with Gasteiger partial charge in [0, 0.05) is 11.0 Å². The van der Waals surface area contributed by atoms with Crippen molar-refractivity contribution in [2.45, 2.75) is 11.8 Å². The van der Waals surface area contributed by atoms with E-state index in [-0.39, 0.29) is 0 Å². The van der Waals surface area contributed by atoms with Crippen LogP contribution in [0.2, 0.25) is 0 Å². The van der Waals surface area contributed by atoms with E-state index >= 15 is 0 Å². The van der Waals surface area contributed by atoms with Gasteiger partial charge in [0.2, 0.25) is 0 Å². The Kier molecular flexibility index (Phi) is 4.02. The molecule has 1 heterocycles. The lowest BCUT2D eigenvalue weighted by molar-refractivity contribution is 1.04. The van der Waals surface area contributed by atoms with Crippen LogP contribution < -0.4 is 5.32 Å². The SMILES string of the molecule is CSc1ccccc1Nc1cc(Br)nc(C)n1. The molecule has 88 valence electrons. The molecular weight excluding hydrogens is 298 g/mol. The van der Waals surface area contributed by atoms with Gasteiger partial charge in [-0.25, -0.2) is 9.97 Å². The van der Waals surface area contributed by atoms with Crippen LogP contribution in [0.5, 0.6) is 0 Å². The topological polar surface area (TPSA) is 37.8 Å². The van der Waals surface area contributed by atoms with Crippen molar-refractivity contribution in [3.63, 3.8) is 0 Å². The zero-order valence-corrected chi connectivity index (χ0v) is 12.0. The van der Waals surface area contributed by atoms with E-state index in [0.29, 0.717) is 0 Å². The normalized spacial score (nSPS) is 10.3. The number of anilines is 2. The Labute approximate surface area is 113 Å². The van der Waals surface area contributed by atoms with Crippen LogP contribution in [0.25, 0.3) is 0 Å². The first-order valence-electron chi connectivity index (χ1n) is 5.10. The molecule has 0 aliphatic carbocycles. The lowest BCUT2D eigenvalue weighted by Crippen LogP contribution is -1.98. The minimum atomic E-state index is 0.739. The third-order valence-corrected chi connectivity index (χ3v) is 3.38. The molecule has 2 aromatic rings. The highest BCUT2D eigenvalue weighted by atomic mass is 79.9. The maximum Gasteiger partial charge on any atom is 0.135 e. The van der Waals surface area contributed by atoms with Gasteiger partial charge in [-0.1, -0.05) is 12.1 Å². The summed E-state index contributed by atoms with van der Waals surface area (Å²) >= 11 is 5.07. The predicted molar refractivity (Wildman–Crippen MR) is 76.0 cm³/mol. The molecule has 1 N–H and O–H groups in total. The highest BCUT2D eigenvalue weighted by Crippen LogP contribution is 2.27. The van der Waals surface area contributed by atoms with Crippen LogP contribution in [0.3, 0.4) is 0 Å². The van der Waals surface area contributed by atoms with E-state index in [1.54, 1.807) is 11.8 Å². The van der Waals surface area contributed by atoms with Crippen LogP contribution in [-0.2, 0) is 0 Å². The fraction of sp³-hybridized carbons (Fsp3) is 0.167. The Balaban J connectivity index is 2.31. The molecule has 0 fully saturated rings. The second kappa shape index (κ2) is 5.51. The van der Waals surface area contributed by atoms with Crippen molar-refractivity contribution < 1.29 is 0 Å². The summed E-state index contributed by atoms with van der Waals surface area (Å²) in [7, 11) is 0. The molecule has 3 nitrogen and oxygen atoms in total. The molecule has 1 aromatic heterocycles. The van der Waals surface area contributed by atoms with E-state index in [0.717, 1.165) is 21.9 Å². The highest BCUT2D eigenvalue weighted by molar-refractivity contribution is 9.10. The third-order valence-electron chi connectivity index (χ3n) is 2.18. The van der Waals surface area contributed by atoms with E-state index in [4.69, 9.17) is 0 Å². The zero-order chi connectivity index (χ0) is 12.3. The van der Waals surface area contributed by atoms with Crippen LogP contribution in [-0.4, -0.2) is 16.2 Å². The number of aromatic nitrogens is 2. The number of rotatable bonds is 3. The maximum atomic E-state index is 4.34. The summed E-state index contributed by atoms with van der Waals surface area (Å²) in [6, 6.07) is 10.0. The van der Waals surface area contributed by atoms with Gasteiger partial charge in [0.05, 0.1) is 5.69 Å². The van der Waals surface area contributed by atoms with Crippen molar-refractivity contribution in [1.29, 1.82) is 0 Å². The molecule has 0 unspecified atom stereocenters. The van der Waals surface area contributed by atoms with Gasteiger partial charge in [0.25, 0.3) is 0 Å². The number of hydrogen-bond acceptors (Lipinski definition) is 4. The predicted octanol–water partition coefficient (Wildman–Crippen LogP) is 4.01. The summed E-state index contributed by atoms with van der Waals surface area (Å²) in [4.78, 5) is 9.72. The van der Waals surface area contributed by atoms with Crippen molar-refractivity contribution in [3.8, 4) is 0 Å². The summed E-state index contributed by atoms with van der Waals surface area (Å²) in [6.45, 7) is 1.87. The summed E-state index contributed by atoms with van der Waals surface area (Å²) in [5.74, 6) is 1.54. The number of para-hydroxylation sites is 1. The Morgan fingerprint density at radius 2 is 2.00 bits per heavy atom. The molecule has 0 saturated carbocycles. The lowest BCUT2D eigenvalue weighted by atomic mass is 10.3. The number of thioether (sulfide) groups is 1. The van der Waals surface area contributed by atoms with Crippen LogP contribution >= 0.6 is 27.7 Å². The third kappa shape index (κ3) is 3.20. The van der Waals surface area contributed by atoms with Crippen LogP contribution in [0.1, 0.15) is 5.82 Å². The van der Waals surface area contributed by atoms with Gasteiger partial charge in [-0.2, -0.15) is 0 Å². The first-order valence-corrected chi connectivity index (χ1v) is 7.12. The summed E-state index contributed by atoms with van der Waals surface area (Å²) in [5, 5.41) is 3.30. The molecule has 0 saturated heterocycles. The molecule has 0 spiro atoms. The van der Waals surface area contributed by atoms with Gasteiger partial charge in [-0.05, 0) is 41.2 Å². The maximum absolute atomic E-state index is 4.34. The van der Waals surface area contributed by atoms with Gasteiger partial charge in [-0.15, -0.1) is 11.8 Å². The summed E-state index contributed by atoms with van der Waals surface area (Å²) < 4.78 is 0.786. The quantitative estimate of drug-likeness (QED) is 0.686. The van der Waals surface area contributed by atoms with E-state index < -0.39 is 0 Å². The van der Waals surface area contributed by atoms with Crippen molar-refractivity contribution in [1.82, 2.24) is 9.97 Å². The Bertz CT molecular complexity index is 511. The van der Waals surface area contributed by atoms with Gasteiger partial charge < -0.3 is 5.32 Å². The number of benzene rings is 1. The van der Waals surface area contributed by atoms with Gasteiger partial charge in [0.15, 0.2) is 0 Å². The average Bonchev–Trinajstić information content (AvgIpc) is 2.28. The monoisotopic (exact) mass is 309 g/mol. The standard InChI is InChI=1S/C12H12BrN3S/c1-8-14-11(13)7-12(15-8)16-9-5-3-4-6-10(9)17-2/h3-7H,1-2H3,(H,14,15,16). The largest absolute Gasteiger partial charge is 0.339 e. The number of hydrogen-bond donors (Lipinski definition) is 1.